The van der Waals surface area contributed by atoms with E-state index in [0.29, 0.717) is 38.5 Å². The zero-order valence-corrected chi connectivity index (χ0v) is 12.6. The third kappa shape index (κ3) is 4.37. The van der Waals surface area contributed by atoms with E-state index in [0.717, 1.165) is 12.8 Å². The first kappa shape index (κ1) is 16.8. The first-order chi connectivity index (χ1) is 9.41. The van der Waals surface area contributed by atoms with Gasteiger partial charge in [0.15, 0.2) is 0 Å². The van der Waals surface area contributed by atoms with Crippen LogP contribution in [0.25, 0.3) is 0 Å². The molecule has 0 aliphatic heterocycles. The Kier molecular flexibility index (Phi) is 6.26. The molecule has 2 amide bonds. The summed E-state index contributed by atoms with van der Waals surface area (Å²) in [5, 5.41) is 12.2. The number of hydrogen-bond donors (Lipinski definition) is 2. The summed E-state index contributed by atoms with van der Waals surface area (Å²) in [6.45, 7) is 5.43. The van der Waals surface area contributed by atoms with Gasteiger partial charge >= 0.3 is 12.0 Å². The number of amides is 2. The zero-order valence-electron chi connectivity index (χ0n) is 12.6. The Balaban J connectivity index is 2.61. The molecule has 1 saturated carbocycles. The van der Waals surface area contributed by atoms with Gasteiger partial charge in [0.2, 0.25) is 0 Å². The molecule has 0 saturated heterocycles. The molecular weight excluding hydrogens is 260 g/mol. The summed E-state index contributed by atoms with van der Waals surface area (Å²) in [4.78, 5) is 25.2. The number of nitrogens with zero attached hydrogens (tertiary/aromatic N) is 1. The summed E-state index contributed by atoms with van der Waals surface area (Å²) in [6, 6.07) is -0.346. The van der Waals surface area contributed by atoms with Gasteiger partial charge in [-0.1, -0.05) is 19.8 Å². The van der Waals surface area contributed by atoms with Crippen LogP contribution in [0.15, 0.2) is 0 Å². The molecule has 1 rings (SSSR count). The molecule has 116 valence electrons. The second kappa shape index (κ2) is 7.47. The molecular formula is C14H26N2O4. The fourth-order valence-corrected chi connectivity index (χ4v) is 2.66. The summed E-state index contributed by atoms with van der Waals surface area (Å²) in [7, 11) is 1.65. The van der Waals surface area contributed by atoms with Crippen LogP contribution in [0, 0.1) is 5.92 Å². The van der Waals surface area contributed by atoms with Crippen molar-refractivity contribution in [3.05, 3.63) is 0 Å². The van der Waals surface area contributed by atoms with Gasteiger partial charge in [-0.2, -0.15) is 0 Å². The monoisotopic (exact) mass is 286 g/mol. The number of carbonyl (C=O) groups is 2. The molecule has 2 atom stereocenters. The molecule has 20 heavy (non-hydrogen) atoms. The van der Waals surface area contributed by atoms with Crippen molar-refractivity contribution in [3.8, 4) is 0 Å². The number of carbonyl (C=O) groups excluding carboxylic acids is 1. The van der Waals surface area contributed by atoms with Crippen molar-refractivity contribution in [1.82, 2.24) is 10.2 Å². The van der Waals surface area contributed by atoms with E-state index in [4.69, 9.17) is 4.74 Å². The van der Waals surface area contributed by atoms with Crippen LogP contribution >= 0.6 is 0 Å². The summed E-state index contributed by atoms with van der Waals surface area (Å²) in [5.41, 5.74) is -1.12. The number of urea groups is 1. The van der Waals surface area contributed by atoms with E-state index < -0.39 is 11.5 Å². The average Bonchev–Trinajstić information content (AvgIpc) is 2.38. The number of aliphatic carboxylic acids is 1. The summed E-state index contributed by atoms with van der Waals surface area (Å²) < 4.78 is 5.20. The Hall–Kier alpha value is -1.30. The summed E-state index contributed by atoms with van der Waals surface area (Å²) in [6.07, 6.45) is 2.84. The standard InChI is InChI=1S/C14H26N2O4/c1-4-20-9-8-16(3)13(19)15-14(12(17)18)7-5-6-11(2)10-14/h11H,4-10H2,1-3H3,(H,15,19)(H,17,18). The predicted molar refractivity (Wildman–Crippen MR) is 75.7 cm³/mol. The highest BCUT2D eigenvalue weighted by Gasteiger charge is 2.43. The quantitative estimate of drug-likeness (QED) is 0.728. The highest BCUT2D eigenvalue weighted by molar-refractivity contribution is 5.86. The molecule has 0 heterocycles. The topological polar surface area (TPSA) is 78.9 Å². The smallest absolute Gasteiger partial charge is 0.329 e. The molecule has 0 aromatic heterocycles. The third-order valence-corrected chi connectivity index (χ3v) is 3.87. The Morgan fingerprint density at radius 3 is 2.75 bits per heavy atom. The second-order valence-electron chi connectivity index (χ2n) is 5.64. The first-order valence-electron chi connectivity index (χ1n) is 7.25. The molecule has 2 unspecified atom stereocenters. The molecule has 0 bridgehead atoms. The van der Waals surface area contributed by atoms with Crippen LogP contribution in [0.1, 0.15) is 39.5 Å². The van der Waals surface area contributed by atoms with Crippen molar-refractivity contribution >= 4 is 12.0 Å². The molecule has 0 aromatic carbocycles. The predicted octanol–water partition coefficient (Wildman–Crippen LogP) is 1.70. The van der Waals surface area contributed by atoms with Gasteiger partial charge in [0.05, 0.1) is 6.61 Å². The first-order valence-corrected chi connectivity index (χ1v) is 7.25. The van der Waals surface area contributed by atoms with Crippen LogP contribution in [0.5, 0.6) is 0 Å². The minimum Gasteiger partial charge on any atom is -0.480 e. The van der Waals surface area contributed by atoms with Crippen LogP contribution in [0.2, 0.25) is 0 Å². The molecule has 1 aliphatic rings. The number of hydrogen-bond acceptors (Lipinski definition) is 3. The van der Waals surface area contributed by atoms with Crippen molar-refractivity contribution in [2.45, 2.75) is 45.1 Å². The zero-order chi connectivity index (χ0) is 15.2. The Morgan fingerprint density at radius 1 is 1.50 bits per heavy atom. The lowest BCUT2D eigenvalue weighted by molar-refractivity contribution is -0.146. The molecule has 6 nitrogen and oxygen atoms in total. The molecule has 0 aromatic rings. The van der Waals surface area contributed by atoms with E-state index in [2.05, 4.69) is 5.32 Å². The number of carboxylic acid groups (broad SMARTS) is 1. The maximum absolute atomic E-state index is 12.1. The van der Waals surface area contributed by atoms with Crippen LogP contribution in [0.4, 0.5) is 4.79 Å². The average molecular weight is 286 g/mol. The van der Waals surface area contributed by atoms with E-state index in [-0.39, 0.29) is 6.03 Å². The van der Waals surface area contributed by atoms with Crippen LogP contribution in [-0.4, -0.2) is 54.4 Å². The fourth-order valence-electron chi connectivity index (χ4n) is 2.66. The van der Waals surface area contributed by atoms with Gasteiger partial charge in [-0.3, -0.25) is 0 Å². The van der Waals surface area contributed by atoms with Crippen molar-refractivity contribution in [1.29, 1.82) is 0 Å². The van der Waals surface area contributed by atoms with E-state index in [1.165, 1.54) is 4.90 Å². The summed E-state index contributed by atoms with van der Waals surface area (Å²) in [5.74, 6) is -0.621. The van der Waals surface area contributed by atoms with Crippen molar-refractivity contribution < 1.29 is 19.4 Å². The highest BCUT2D eigenvalue weighted by atomic mass is 16.5. The minimum atomic E-state index is -1.12. The van der Waals surface area contributed by atoms with Crippen molar-refractivity contribution in [2.24, 2.45) is 5.92 Å². The van der Waals surface area contributed by atoms with Crippen molar-refractivity contribution in [2.75, 3.05) is 26.8 Å². The van der Waals surface area contributed by atoms with Crippen LogP contribution in [0.3, 0.4) is 0 Å². The Morgan fingerprint density at radius 2 is 2.20 bits per heavy atom. The van der Waals surface area contributed by atoms with Gasteiger partial charge in [-0.15, -0.1) is 0 Å². The molecule has 0 radical (unpaired) electrons. The lowest BCUT2D eigenvalue weighted by Gasteiger charge is -2.38. The number of rotatable bonds is 6. The molecule has 2 N–H and O–H groups in total. The maximum atomic E-state index is 12.1. The van der Waals surface area contributed by atoms with E-state index in [1.54, 1.807) is 7.05 Å². The maximum Gasteiger partial charge on any atom is 0.329 e. The van der Waals surface area contributed by atoms with Gasteiger partial charge < -0.3 is 20.1 Å². The third-order valence-electron chi connectivity index (χ3n) is 3.87. The highest BCUT2D eigenvalue weighted by Crippen LogP contribution is 2.32. The summed E-state index contributed by atoms with van der Waals surface area (Å²) >= 11 is 0. The van der Waals surface area contributed by atoms with Crippen LogP contribution < -0.4 is 5.32 Å². The van der Waals surface area contributed by atoms with Gasteiger partial charge in [-0.25, -0.2) is 9.59 Å². The normalized spacial score (nSPS) is 26.1. The van der Waals surface area contributed by atoms with Gasteiger partial charge in [0, 0.05) is 20.2 Å². The number of carboxylic acids is 1. The molecule has 1 fully saturated rings. The number of likely N-dealkylation sites (N-methyl/N-ethyl adjacent to an activating group) is 1. The molecule has 0 spiro atoms. The fraction of sp³-hybridized carbons (Fsp3) is 0.857. The molecule has 1 aliphatic carbocycles. The van der Waals surface area contributed by atoms with Crippen molar-refractivity contribution in [3.63, 3.8) is 0 Å². The largest absolute Gasteiger partial charge is 0.480 e. The van der Waals surface area contributed by atoms with Crippen LogP contribution in [-0.2, 0) is 9.53 Å². The van der Waals surface area contributed by atoms with Gasteiger partial charge in [0.1, 0.15) is 5.54 Å². The SMILES string of the molecule is CCOCCN(C)C(=O)NC1(C(=O)O)CCCC(C)C1. The Bertz CT molecular complexity index is 348. The number of ether oxygens (including phenoxy) is 1. The van der Waals surface area contributed by atoms with Gasteiger partial charge in [-0.05, 0) is 25.7 Å². The second-order valence-corrected chi connectivity index (χ2v) is 5.64. The lowest BCUT2D eigenvalue weighted by Crippen LogP contribution is -2.59. The minimum absolute atomic E-state index is 0.314. The lowest BCUT2D eigenvalue weighted by atomic mass is 9.76. The van der Waals surface area contributed by atoms with E-state index in [9.17, 15) is 14.7 Å². The number of nitrogens with one attached hydrogen (secondary N) is 1. The van der Waals surface area contributed by atoms with E-state index >= 15 is 0 Å². The van der Waals surface area contributed by atoms with Gasteiger partial charge in [0.25, 0.3) is 0 Å². The Labute approximate surface area is 120 Å². The van der Waals surface area contributed by atoms with E-state index in [1.807, 2.05) is 13.8 Å². The molecule has 6 heteroatoms.